The molecule has 2 heterocycles. The highest BCUT2D eigenvalue weighted by atomic mass is 19.2. The number of nitrogens with zero attached hydrogens (tertiary/aromatic N) is 1. The van der Waals surface area contributed by atoms with Crippen LogP contribution >= 0.6 is 0 Å². The number of rotatable bonds is 5. The van der Waals surface area contributed by atoms with Gasteiger partial charge in [-0.05, 0) is 30.2 Å². The highest BCUT2D eigenvalue weighted by Crippen LogP contribution is 2.25. The molecule has 1 aromatic heterocycles. The maximum absolute atomic E-state index is 13.4. The molecule has 0 spiro atoms. The van der Waals surface area contributed by atoms with Crippen molar-refractivity contribution in [2.45, 2.75) is 18.9 Å². The van der Waals surface area contributed by atoms with E-state index < -0.39 is 29.5 Å². The number of aromatic amines is 1. The molecule has 138 valence electrons. The standard InChI is InChI=1S/C20H17F2N3O2/c21-15-6-5-13(9-16(15)22)25-19(26)10-18(20(25)27)23-8-7-12-11-24-17-4-2-1-3-14(12)17/h1-6,9,11,18,23-24H,7-8,10H2. The van der Waals surface area contributed by atoms with Crippen molar-refractivity contribution in [1.82, 2.24) is 10.3 Å². The Morgan fingerprint density at radius 3 is 2.74 bits per heavy atom. The molecule has 2 amide bonds. The number of hydrogen-bond acceptors (Lipinski definition) is 3. The van der Waals surface area contributed by atoms with Crippen molar-refractivity contribution < 1.29 is 18.4 Å². The second-order valence-corrected chi connectivity index (χ2v) is 6.49. The molecule has 0 saturated carbocycles. The molecule has 1 saturated heterocycles. The van der Waals surface area contributed by atoms with Crippen LogP contribution < -0.4 is 10.2 Å². The molecule has 0 radical (unpaired) electrons. The van der Waals surface area contributed by atoms with Crippen LogP contribution in [-0.4, -0.2) is 29.4 Å². The number of carbonyl (C=O) groups is 2. The Kier molecular flexibility index (Phi) is 4.45. The van der Waals surface area contributed by atoms with E-state index in [0.717, 1.165) is 33.5 Å². The van der Waals surface area contributed by atoms with Gasteiger partial charge in [-0.1, -0.05) is 18.2 Å². The quantitative estimate of drug-likeness (QED) is 0.680. The third-order valence-electron chi connectivity index (χ3n) is 4.77. The second-order valence-electron chi connectivity index (χ2n) is 6.49. The number of nitrogens with one attached hydrogen (secondary N) is 2. The zero-order valence-electron chi connectivity index (χ0n) is 14.3. The van der Waals surface area contributed by atoms with Gasteiger partial charge in [-0.25, -0.2) is 13.7 Å². The van der Waals surface area contributed by atoms with Gasteiger partial charge in [-0.15, -0.1) is 0 Å². The predicted molar refractivity (Wildman–Crippen MR) is 97.3 cm³/mol. The van der Waals surface area contributed by atoms with Crippen LogP contribution in [-0.2, 0) is 16.0 Å². The lowest BCUT2D eigenvalue weighted by Crippen LogP contribution is -2.39. The smallest absolute Gasteiger partial charge is 0.251 e. The molecular formula is C20H17F2N3O2. The maximum atomic E-state index is 13.4. The molecule has 1 fully saturated rings. The number of anilines is 1. The largest absolute Gasteiger partial charge is 0.361 e. The molecule has 4 rings (SSSR count). The van der Waals surface area contributed by atoms with E-state index in [1.165, 1.54) is 6.07 Å². The Morgan fingerprint density at radius 2 is 1.93 bits per heavy atom. The number of para-hydroxylation sites is 1. The number of halogens is 2. The Balaban J connectivity index is 1.42. The van der Waals surface area contributed by atoms with Crippen LogP contribution in [0.4, 0.5) is 14.5 Å². The topological polar surface area (TPSA) is 65.2 Å². The minimum absolute atomic E-state index is 0.00822. The van der Waals surface area contributed by atoms with E-state index >= 15 is 0 Å². The van der Waals surface area contributed by atoms with E-state index in [2.05, 4.69) is 10.3 Å². The molecule has 27 heavy (non-hydrogen) atoms. The summed E-state index contributed by atoms with van der Waals surface area (Å²) in [5.41, 5.74) is 2.21. The molecule has 1 unspecified atom stereocenters. The zero-order chi connectivity index (χ0) is 19.0. The van der Waals surface area contributed by atoms with E-state index in [9.17, 15) is 18.4 Å². The number of benzene rings is 2. The van der Waals surface area contributed by atoms with Gasteiger partial charge in [0.1, 0.15) is 0 Å². The van der Waals surface area contributed by atoms with Crippen molar-refractivity contribution >= 4 is 28.4 Å². The van der Waals surface area contributed by atoms with Gasteiger partial charge in [0.05, 0.1) is 18.2 Å². The highest BCUT2D eigenvalue weighted by Gasteiger charge is 2.39. The normalized spacial score (nSPS) is 17.3. The van der Waals surface area contributed by atoms with Gasteiger partial charge in [0.15, 0.2) is 11.6 Å². The Bertz CT molecular complexity index is 1030. The summed E-state index contributed by atoms with van der Waals surface area (Å²) in [6.45, 7) is 0.511. The Morgan fingerprint density at radius 1 is 1.11 bits per heavy atom. The molecule has 1 atom stereocenters. The number of hydrogen-bond donors (Lipinski definition) is 2. The summed E-state index contributed by atoms with van der Waals surface area (Å²) in [5, 5.41) is 4.22. The number of H-pyrrole nitrogens is 1. The molecule has 7 heteroatoms. The fraction of sp³-hybridized carbons (Fsp3) is 0.200. The molecule has 2 aromatic carbocycles. The number of fused-ring (bicyclic) bond motifs is 1. The fourth-order valence-corrected chi connectivity index (χ4v) is 3.41. The van der Waals surface area contributed by atoms with Crippen LogP contribution in [0.5, 0.6) is 0 Å². The van der Waals surface area contributed by atoms with Gasteiger partial charge in [-0.3, -0.25) is 9.59 Å². The van der Waals surface area contributed by atoms with Gasteiger partial charge in [0.25, 0.3) is 5.91 Å². The minimum atomic E-state index is -1.09. The van der Waals surface area contributed by atoms with Gasteiger partial charge in [0, 0.05) is 29.7 Å². The SMILES string of the molecule is O=C1CC(NCCc2c[nH]c3ccccc23)C(=O)N1c1ccc(F)c(F)c1. The Labute approximate surface area is 154 Å². The van der Waals surface area contributed by atoms with Crippen molar-refractivity contribution in [2.75, 3.05) is 11.4 Å². The average molecular weight is 369 g/mol. The summed E-state index contributed by atoms with van der Waals surface area (Å²) >= 11 is 0. The number of amides is 2. The lowest BCUT2D eigenvalue weighted by molar-refractivity contribution is -0.121. The first-order chi connectivity index (χ1) is 13.0. The zero-order valence-corrected chi connectivity index (χ0v) is 14.3. The van der Waals surface area contributed by atoms with Gasteiger partial charge in [-0.2, -0.15) is 0 Å². The Hall–Kier alpha value is -3.06. The first-order valence-electron chi connectivity index (χ1n) is 8.65. The first kappa shape index (κ1) is 17.4. The van der Waals surface area contributed by atoms with Gasteiger partial charge < -0.3 is 10.3 Å². The molecule has 0 aliphatic carbocycles. The van der Waals surface area contributed by atoms with Crippen LogP contribution in [0.15, 0.2) is 48.7 Å². The first-order valence-corrected chi connectivity index (χ1v) is 8.65. The molecule has 5 nitrogen and oxygen atoms in total. The molecule has 0 bridgehead atoms. The van der Waals surface area contributed by atoms with E-state index in [1.54, 1.807) is 0 Å². The number of aromatic nitrogens is 1. The summed E-state index contributed by atoms with van der Waals surface area (Å²) < 4.78 is 26.5. The highest BCUT2D eigenvalue weighted by molar-refractivity contribution is 6.22. The third kappa shape index (κ3) is 3.21. The van der Waals surface area contributed by atoms with E-state index in [1.807, 2.05) is 30.5 Å². The minimum Gasteiger partial charge on any atom is -0.361 e. The van der Waals surface area contributed by atoms with Gasteiger partial charge >= 0.3 is 0 Å². The summed E-state index contributed by atoms with van der Waals surface area (Å²) in [5.74, 6) is -3.00. The van der Waals surface area contributed by atoms with Crippen LogP contribution in [0.3, 0.4) is 0 Å². The fourth-order valence-electron chi connectivity index (χ4n) is 3.41. The van der Waals surface area contributed by atoms with E-state index in [4.69, 9.17) is 0 Å². The summed E-state index contributed by atoms with van der Waals surface area (Å²) in [6, 6.07) is 10.3. The summed E-state index contributed by atoms with van der Waals surface area (Å²) in [4.78, 5) is 28.8. The van der Waals surface area contributed by atoms with Crippen molar-refractivity contribution in [2.24, 2.45) is 0 Å². The van der Waals surface area contributed by atoms with Crippen molar-refractivity contribution in [1.29, 1.82) is 0 Å². The van der Waals surface area contributed by atoms with Crippen molar-refractivity contribution in [3.8, 4) is 0 Å². The summed E-state index contributed by atoms with van der Waals surface area (Å²) in [6.07, 6.45) is 2.61. The van der Waals surface area contributed by atoms with Crippen molar-refractivity contribution in [3.05, 3.63) is 65.9 Å². The molecule has 3 aromatic rings. The van der Waals surface area contributed by atoms with Crippen LogP contribution in [0.1, 0.15) is 12.0 Å². The monoisotopic (exact) mass is 369 g/mol. The van der Waals surface area contributed by atoms with E-state index in [-0.39, 0.29) is 12.1 Å². The average Bonchev–Trinajstić information content (AvgIpc) is 3.19. The second kappa shape index (κ2) is 6.92. The molecular weight excluding hydrogens is 352 g/mol. The van der Waals surface area contributed by atoms with Crippen molar-refractivity contribution in [3.63, 3.8) is 0 Å². The number of imide groups is 1. The lowest BCUT2D eigenvalue weighted by Gasteiger charge is -2.15. The third-order valence-corrected chi connectivity index (χ3v) is 4.77. The summed E-state index contributed by atoms with van der Waals surface area (Å²) in [7, 11) is 0. The molecule has 2 N–H and O–H groups in total. The van der Waals surface area contributed by atoms with Crippen LogP contribution in [0, 0.1) is 11.6 Å². The van der Waals surface area contributed by atoms with Gasteiger partial charge in [0.2, 0.25) is 5.91 Å². The molecule has 1 aliphatic rings. The predicted octanol–water partition coefficient (Wildman–Crippen LogP) is 2.91. The van der Waals surface area contributed by atoms with Crippen LogP contribution in [0.25, 0.3) is 10.9 Å². The molecule has 1 aliphatic heterocycles. The van der Waals surface area contributed by atoms with Crippen LogP contribution in [0.2, 0.25) is 0 Å². The lowest BCUT2D eigenvalue weighted by atomic mass is 10.1. The maximum Gasteiger partial charge on any atom is 0.251 e. The van der Waals surface area contributed by atoms with E-state index in [0.29, 0.717) is 13.0 Å². The number of carbonyl (C=O) groups excluding carboxylic acids is 2.